The second-order valence-corrected chi connectivity index (χ2v) is 7.98. The molecule has 0 atom stereocenters. The van der Waals surface area contributed by atoms with Crippen molar-refractivity contribution in [2.24, 2.45) is 5.92 Å². The van der Waals surface area contributed by atoms with Gasteiger partial charge in [-0.05, 0) is 41.8 Å². The molecule has 0 spiro atoms. The van der Waals surface area contributed by atoms with Gasteiger partial charge in [-0.3, -0.25) is 0 Å². The van der Waals surface area contributed by atoms with Crippen LogP contribution in [0, 0.1) is 5.92 Å². The normalized spacial score (nSPS) is 11.2. The molecule has 0 fully saturated rings. The fourth-order valence-electron chi connectivity index (χ4n) is 2.50. The summed E-state index contributed by atoms with van der Waals surface area (Å²) >= 11 is 13.9. The highest BCUT2D eigenvalue weighted by Crippen LogP contribution is 2.29. The van der Waals surface area contributed by atoms with Crippen LogP contribution in [0.15, 0.2) is 53.7 Å². The third-order valence-electron chi connectivity index (χ3n) is 3.68. The molecule has 0 radical (unpaired) electrons. The number of halogens is 2. The van der Waals surface area contributed by atoms with Gasteiger partial charge in [-0.25, -0.2) is 0 Å². The third kappa shape index (κ3) is 4.57. The van der Waals surface area contributed by atoms with Crippen molar-refractivity contribution in [3.8, 4) is 11.4 Å². The molecule has 0 unspecified atom stereocenters. The first-order valence-electron chi connectivity index (χ1n) is 8.10. The average Bonchev–Trinajstić information content (AvgIpc) is 2.97. The number of thioether (sulfide) groups is 1. The van der Waals surface area contributed by atoms with E-state index < -0.39 is 0 Å². The molecule has 3 aromatic rings. The van der Waals surface area contributed by atoms with E-state index in [0.29, 0.717) is 10.9 Å². The van der Waals surface area contributed by atoms with Gasteiger partial charge in [-0.15, -0.1) is 10.2 Å². The lowest BCUT2D eigenvalue weighted by Gasteiger charge is -2.13. The van der Waals surface area contributed by atoms with E-state index in [1.54, 1.807) is 11.8 Å². The lowest BCUT2D eigenvalue weighted by atomic mass is 10.2. The van der Waals surface area contributed by atoms with Crippen LogP contribution < -0.4 is 0 Å². The molecule has 6 heteroatoms. The fourth-order valence-corrected chi connectivity index (χ4v) is 3.85. The topological polar surface area (TPSA) is 30.7 Å². The molecule has 25 heavy (non-hydrogen) atoms. The zero-order valence-corrected chi connectivity index (χ0v) is 16.4. The summed E-state index contributed by atoms with van der Waals surface area (Å²) in [6, 6.07) is 15.6. The van der Waals surface area contributed by atoms with Crippen molar-refractivity contribution in [1.29, 1.82) is 0 Å². The molecule has 0 aliphatic heterocycles. The molecule has 3 rings (SSSR count). The molecular weight excluding hydrogens is 373 g/mol. The van der Waals surface area contributed by atoms with Gasteiger partial charge in [-0.1, -0.05) is 67.0 Å². The molecule has 0 N–H and O–H groups in total. The molecule has 0 bridgehead atoms. The van der Waals surface area contributed by atoms with Crippen LogP contribution in [0.1, 0.15) is 19.4 Å². The van der Waals surface area contributed by atoms with E-state index in [1.807, 2.05) is 48.5 Å². The van der Waals surface area contributed by atoms with E-state index in [9.17, 15) is 0 Å². The predicted molar refractivity (Wildman–Crippen MR) is 106 cm³/mol. The third-order valence-corrected chi connectivity index (χ3v) is 5.32. The van der Waals surface area contributed by atoms with Gasteiger partial charge in [0.15, 0.2) is 11.0 Å². The number of rotatable bonds is 6. The second kappa shape index (κ2) is 8.26. The van der Waals surface area contributed by atoms with Crippen LogP contribution in [-0.4, -0.2) is 14.8 Å². The van der Waals surface area contributed by atoms with Crippen LogP contribution in [0.4, 0.5) is 0 Å². The fraction of sp³-hybridized carbons (Fsp3) is 0.263. The highest BCUT2D eigenvalue weighted by molar-refractivity contribution is 7.98. The summed E-state index contributed by atoms with van der Waals surface area (Å²) in [7, 11) is 0. The average molecular weight is 392 g/mol. The highest BCUT2D eigenvalue weighted by Gasteiger charge is 2.16. The largest absolute Gasteiger partial charge is 0.302 e. The first-order chi connectivity index (χ1) is 12.0. The van der Waals surface area contributed by atoms with Crippen molar-refractivity contribution in [3.05, 3.63) is 64.1 Å². The van der Waals surface area contributed by atoms with Crippen LogP contribution in [0.25, 0.3) is 11.4 Å². The van der Waals surface area contributed by atoms with Gasteiger partial charge in [0.2, 0.25) is 0 Å². The lowest BCUT2D eigenvalue weighted by Crippen LogP contribution is -2.07. The summed E-state index contributed by atoms with van der Waals surface area (Å²) in [5, 5.41) is 11.2. The Hall–Kier alpha value is -1.49. The van der Waals surface area contributed by atoms with Crippen molar-refractivity contribution in [1.82, 2.24) is 14.8 Å². The van der Waals surface area contributed by atoms with Crippen LogP contribution in [0.3, 0.4) is 0 Å². The molecule has 130 valence electrons. The maximum atomic E-state index is 6.26. The summed E-state index contributed by atoms with van der Waals surface area (Å²) in [4.78, 5) is 0. The number of nitrogens with zero attached hydrogens (tertiary/aromatic N) is 3. The highest BCUT2D eigenvalue weighted by atomic mass is 35.5. The molecule has 0 amide bonds. The first kappa shape index (κ1) is 18.3. The van der Waals surface area contributed by atoms with Crippen LogP contribution in [0.2, 0.25) is 10.0 Å². The quantitative estimate of drug-likeness (QED) is 0.468. The van der Waals surface area contributed by atoms with Crippen LogP contribution >= 0.6 is 35.0 Å². The minimum atomic E-state index is 0.488. The number of hydrogen-bond donors (Lipinski definition) is 0. The molecule has 0 saturated heterocycles. The van der Waals surface area contributed by atoms with Gasteiger partial charge >= 0.3 is 0 Å². The summed E-state index contributed by atoms with van der Waals surface area (Å²) in [5.41, 5.74) is 2.11. The van der Waals surface area contributed by atoms with Gasteiger partial charge in [0, 0.05) is 27.9 Å². The number of hydrogen-bond acceptors (Lipinski definition) is 3. The van der Waals surface area contributed by atoms with Crippen LogP contribution in [0.5, 0.6) is 0 Å². The summed E-state index contributed by atoms with van der Waals surface area (Å²) in [5.74, 6) is 2.12. The number of aromatic nitrogens is 3. The maximum absolute atomic E-state index is 6.26. The molecule has 0 aliphatic carbocycles. The molecule has 0 saturated carbocycles. The number of benzene rings is 2. The van der Waals surface area contributed by atoms with Gasteiger partial charge in [0.25, 0.3) is 0 Å². The molecule has 1 aromatic heterocycles. The van der Waals surface area contributed by atoms with E-state index in [1.165, 1.54) is 0 Å². The van der Waals surface area contributed by atoms with Gasteiger partial charge in [0.05, 0.1) is 0 Å². The molecule has 0 aliphatic rings. The van der Waals surface area contributed by atoms with E-state index in [2.05, 4.69) is 28.6 Å². The van der Waals surface area contributed by atoms with E-state index in [4.69, 9.17) is 23.2 Å². The van der Waals surface area contributed by atoms with Crippen molar-refractivity contribution in [3.63, 3.8) is 0 Å². The summed E-state index contributed by atoms with van der Waals surface area (Å²) in [6.07, 6.45) is 0. The van der Waals surface area contributed by atoms with Gasteiger partial charge in [0.1, 0.15) is 0 Å². The Morgan fingerprint density at radius 3 is 2.40 bits per heavy atom. The zero-order valence-electron chi connectivity index (χ0n) is 14.1. The SMILES string of the molecule is CC(C)Cn1c(SCc2ccccc2Cl)nnc1-c1ccc(Cl)cc1. The minimum Gasteiger partial charge on any atom is -0.302 e. The van der Waals surface area contributed by atoms with Crippen molar-refractivity contribution in [2.75, 3.05) is 0 Å². The summed E-state index contributed by atoms with van der Waals surface area (Å²) in [6.45, 7) is 5.23. The van der Waals surface area contributed by atoms with E-state index in [0.717, 1.165) is 39.4 Å². The molecular formula is C19H19Cl2N3S. The Morgan fingerprint density at radius 1 is 1.00 bits per heavy atom. The van der Waals surface area contributed by atoms with Gasteiger partial charge in [-0.2, -0.15) is 0 Å². The van der Waals surface area contributed by atoms with Crippen molar-refractivity contribution in [2.45, 2.75) is 31.3 Å². The van der Waals surface area contributed by atoms with Crippen molar-refractivity contribution >= 4 is 35.0 Å². The Kier molecular flexibility index (Phi) is 6.05. The standard InChI is InChI=1S/C19H19Cl2N3S/c1-13(2)11-24-18(14-7-9-16(20)10-8-14)22-23-19(24)25-12-15-5-3-4-6-17(15)21/h3-10,13H,11-12H2,1-2H3. The zero-order chi connectivity index (χ0) is 17.8. The smallest absolute Gasteiger partial charge is 0.191 e. The monoisotopic (exact) mass is 391 g/mol. The molecule has 3 nitrogen and oxygen atoms in total. The Balaban J connectivity index is 1.88. The van der Waals surface area contributed by atoms with Crippen molar-refractivity contribution < 1.29 is 0 Å². The lowest BCUT2D eigenvalue weighted by molar-refractivity contribution is 0.498. The van der Waals surface area contributed by atoms with Crippen LogP contribution in [-0.2, 0) is 12.3 Å². The Morgan fingerprint density at radius 2 is 1.72 bits per heavy atom. The first-order valence-corrected chi connectivity index (χ1v) is 9.84. The Bertz CT molecular complexity index is 844. The second-order valence-electron chi connectivity index (χ2n) is 6.20. The van der Waals surface area contributed by atoms with E-state index in [-0.39, 0.29) is 0 Å². The maximum Gasteiger partial charge on any atom is 0.191 e. The summed E-state index contributed by atoms with van der Waals surface area (Å²) < 4.78 is 2.18. The Labute approximate surface area is 162 Å². The predicted octanol–water partition coefficient (Wildman–Crippen LogP) is 6.20. The van der Waals surface area contributed by atoms with Gasteiger partial charge < -0.3 is 4.57 Å². The minimum absolute atomic E-state index is 0.488. The molecule has 1 heterocycles. The van der Waals surface area contributed by atoms with E-state index >= 15 is 0 Å². The molecule has 2 aromatic carbocycles.